The average molecular weight is 286 g/mol. The van der Waals surface area contributed by atoms with Crippen LogP contribution in [-0.4, -0.2) is 11.0 Å². The van der Waals surface area contributed by atoms with Gasteiger partial charge in [-0.2, -0.15) is 0 Å². The summed E-state index contributed by atoms with van der Waals surface area (Å²) in [5.41, 5.74) is 1.63. The van der Waals surface area contributed by atoms with Gasteiger partial charge >= 0.3 is 0 Å². The fourth-order valence-corrected chi connectivity index (χ4v) is 1.94. The predicted octanol–water partition coefficient (Wildman–Crippen LogP) is 3.99. The van der Waals surface area contributed by atoms with Gasteiger partial charge in [0.05, 0.1) is 11.0 Å². The number of benzene rings is 2. The van der Waals surface area contributed by atoms with Crippen molar-refractivity contribution >= 4 is 11.4 Å². The van der Waals surface area contributed by atoms with Crippen molar-refractivity contribution in [3.05, 3.63) is 64.2 Å². The molecule has 0 atom stereocenters. The number of hydrogen-bond acceptors (Lipinski definition) is 4. The van der Waals surface area contributed by atoms with E-state index in [1.165, 1.54) is 6.07 Å². The quantitative estimate of drug-likeness (QED) is 0.644. The molecule has 0 aliphatic rings. The fourth-order valence-electron chi connectivity index (χ4n) is 1.94. The average Bonchev–Trinajstić information content (AvgIpc) is 2.46. The molecule has 0 aliphatic carbocycles. The first-order chi connectivity index (χ1) is 10.1. The van der Waals surface area contributed by atoms with E-state index in [1.807, 2.05) is 38.1 Å². The third-order valence-electron chi connectivity index (χ3n) is 2.88. The molecule has 0 saturated heterocycles. The summed E-state index contributed by atoms with van der Waals surface area (Å²) >= 11 is 0. The summed E-state index contributed by atoms with van der Waals surface area (Å²) < 4.78 is 5.57. The van der Waals surface area contributed by atoms with E-state index in [1.54, 1.807) is 18.2 Å². The highest BCUT2D eigenvalue weighted by molar-refractivity contribution is 5.61. The molecule has 0 aromatic heterocycles. The third kappa shape index (κ3) is 4.21. The molecule has 0 saturated carbocycles. The minimum Gasteiger partial charge on any atom is -0.491 e. The van der Waals surface area contributed by atoms with E-state index >= 15 is 0 Å². The molecule has 0 fully saturated rings. The standard InChI is InChI=1S/C16H18N2O3/c1-12(2)21-14-9-7-13(8-10-14)11-17-15-5-3-4-6-16(15)18(19)20/h3-10,12,17H,11H2,1-2H3. The van der Waals surface area contributed by atoms with E-state index in [0.29, 0.717) is 12.2 Å². The topological polar surface area (TPSA) is 64.4 Å². The van der Waals surface area contributed by atoms with Gasteiger partial charge in [-0.3, -0.25) is 10.1 Å². The first-order valence-corrected chi connectivity index (χ1v) is 6.79. The van der Waals surface area contributed by atoms with Crippen LogP contribution in [-0.2, 0) is 6.54 Å². The highest BCUT2D eigenvalue weighted by Crippen LogP contribution is 2.24. The summed E-state index contributed by atoms with van der Waals surface area (Å²) in [5, 5.41) is 14.0. The van der Waals surface area contributed by atoms with Crippen molar-refractivity contribution < 1.29 is 9.66 Å². The largest absolute Gasteiger partial charge is 0.491 e. The Bertz CT molecular complexity index is 609. The van der Waals surface area contributed by atoms with Gasteiger partial charge in [0.25, 0.3) is 5.69 Å². The van der Waals surface area contributed by atoms with Crippen LogP contribution < -0.4 is 10.1 Å². The van der Waals surface area contributed by atoms with Gasteiger partial charge in [-0.1, -0.05) is 24.3 Å². The summed E-state index contributed by atoms with van der Waals surface area (Å²) in [6.45, 7) is 4.47. The van der Waals surface area contributed by atoms with Crippen molar-refractivity contribution in [3.8, 4) is 5.75 Å². The molecule has 5 heteroatoms. The monoisotopic (exact) mass is 286 g/mol. The van der Waals surface area contributed by atoms with Gasteiger partial charge in [-0.05, 0) is 37.6 Å². The molecule has 2 aromatic rings. The van der Waals surface area contributed by atoms with Crippen LogP contribution >= 0.6 is 0 Å². The lowest BCUT2D eigenvalue weighted by Crippen LogP contribution is -2.06. The molecule has 21 heavy (non-hydrogen) atoms. The Balaban J connectivity index is 2.02. The molecule has 2 rings (SSSR count). The Morgan fingerprint density at radius 2 is 1.81 bits per heavy atom. The Morgan fingerprint density at radius 3 is 2.43 bits per heavy atom. The third-order valence-corrected chi connectivity index (χ3v) is 2.88. The zero-order chi connectivity index (χ0) is 15.2. The molecule has 0 aliphatic heterocycles. The van der Waals surface area contributed by atoms with Gasteiger partial charge in [0.15, 0.2) is 0 Å². The number of anilines is 1. The number of hydrogen-bond donors (Lipinski definition) is 1. The van der Waals surface area contributed by atoms with E-state index in [0.717, 1.165) is 11.3 Å². The van der Waals surface area contributed by atoms with Crippen LogP contribution in [0, 0.1) is 10.1 Å². The molecule has 0 heterocycles. The molecule has 0 amide bonds. The zero-order valence-corrected chi connectivity index (χ0v) is 12.1. The second-order valence-electron chi connectivity index (χ2n) is 4.94. The molecule has 0 unspecified atom stereocenters. The number of nitrogens with zero attached hydrogens (tertiary/aromatic N) is 1. The summed E-state index contributed by atoms with van der Waals surface area (Å²) in [7, 11) is 0. The van der Waals surface area contributed by atoms with Crippen LogP contribution in [0.25, 0.3) is 0 Å². The highest BCUT2D eigenvalue weighted by atomic mass is 16.6. The predicted molar refractivity (Wildman–Crippen MR) is 82.6 cm³/mol. The van der Waals surface area contributed by atoms with Crippen LogP contribution in [0.2, 0.25) is 0 Å². The van der Waals surface area contributed by atoms with Crippen LogP contribution in [0.4, 0.5) is 11.4 Å². The maximum atomic E-state index is 10.9. The van der Waals surface area contributed by atoms with Crippen molar-refractivity contribution in [2.75, 3.05) is 5.32 Å². The normalized spacial score (nSPS) is 10.4. The lowest BCUT2D eigenvalue weighted by molar-refractivity contribution is -0.384. The smallest absolute Gasteiger partial charge is 0.292 e. The van der Waals surface area contributed by atoms with E-state index in [9.17, 15) is 10.1 Å². The van der Waals surface area contributed by atoms with Gasteiger partial charge in [0.1, 0.15) is 11.4 Å². The molecule has 1 N–H and O–H groups in total. The van der Waals surface area contributed by atoms with Gasteiger partial charge in [0, 0.05) is 12.6 Å². The number of nitro benzene ring substituents is 1. The molecular formula is C16H18N2O3. The fraction of sp³-hybridized carbons (Fsp3) is 0.250. The number of nitrogens with one attached hydrogen (secondary N) is 1. The van der Waals surface area contributed by atoms with Crippen molar-refractivity contribution in [1.82, 2.24) is 0 Å². The lowest BCUT2D eigenvalue weighted by Gasteiger charge is -2.11. The van der Waals surface area contributed by atoms with Gasteiger partial charge in [-0.25, -0.2) is 0 Å². The van der Waals surface area contributed by atoms with Crippen LogP contribution in [0.1, 0.15) is 19.4 Å². The summed E-state index contributed by atoms with van der Waals surface area (Å²) in [5.74, 6) is 0.819. The van der Waals surface area contributed by atoms with Crippen LogP contribution in [0.3, 0.4) is 0 Å². The first-order valence-electron chi connectivity index (χ1n) is 6.79. The molecular weight excluding hydrogens is 268 g/mol. The van der Waals surface area contributed by atoms with Gasteiger partial charge in [0.2, 0.25) is 0 Å². The SMILES string of the molecule is CC(C)Oc1ccc(CNc2ccccc2[N+](=O)[O-])cc1. The summed E-state index contributed by atoms with van der Waals surface area (Å²) in [6, 6.07) is 14.3. The van der Waals surface area contributed by atoms with Crippen molar-refractivity contribution in [2.24, 2.45) is 0 Å². The number of rotatable bonds is 6. The van der Waals surface area contributed by atoms with E-state index in [-0.39, 0.29) is 16.7 Å². The molecule has 0 spiro atoms. The molecule has 110 valence electrons. The van der Waals surface area contributed by atoms with Crippen molar-refractivity contribution in [2.45, 2.75) is 26.5 Å². The van der Waals surface area contributed by atoms with Crippen LogP contribution in [0.5, 0.6) is 5.75 Å². The van der Waals surface area contributed by atoms with Crippen molar-refractivity contribution in [3.63, 3.8) is 0 Å². The molecule has 0 bridgehead atoms. The molecule has 5 nitrogen and oxygen atoms in total. The molecule has 2 aromatic carbocycles. The first kappa shape index (κ1) is 14.8. The number of nitro groups is 1. The lowest BCUT2D eigenvalue weighted by atomic mass is 10.2. The summed E-state index contributed by atoms with van der Waals surface area (Å²) in [6.07, 6.45) is 0.140. The van der Waals surface area contributed by atoms with Crippen LogP contribution in [0.15, 0.2) is 48.5 Å². The summed E-state index contributed by atoms with van der Waals surface area (Å²) in [4.78, 5) is 10.5. The molecule has 0 radical (unpaired) electrons. The van der Waals surface area contributed by atoms with Gasteiger partial charge in [-0.15, -0.1) is 0 Å². The maximum Gasteiger partial charge on any atom is 0.292 e. The van der Waals surface area contributed by atoms with E-state index in [4.69, 9.17) is 4.74 Å². The number of para-hydroxylation sites is 2. The second kappa shape index (κ2) is 6.74. The Kier molecular flexibility index (Phi) is 4.77. The van der Waals surface area contributed by atoms with E-state index in [2.05, 4.69) is 5.32 Å². The van der Waals surface area contributed by atoms with Crippen molar-refractivity contribution in [1.29, 1.82) is 0 Å². The Hall–Kier alpha value is -2.56. The zero-order valence-electron chi connectivity index (χ0n) is 12.1. The second-order valence-corrected chi connectivity index (χ2v) is 4.94. The number of ether oxygens (including phenoxy) is 1. The highest BCUT2D eigenvalue weighted by Gasteiger charge is 2.11. The minimum atomic E-state index is -0.387. The van der Waals surface area contributed by atoms with E-state index < -0.39 is 0 Å². The van der Waals surface area contributed by atoms with Gasteiger partial charge < -0.3 is 10.1 Å². The minimum absolute atomic E-state index is 0.0808. The maximum absolute atomic E-state index is 10.9. The Labute approximate surface area is 123 Å². The Morgan fingerprint density at radius 1 is 1.14 bits per heavy atom.